The number of carbonyl (C=O) groups excluding carboxylic acids is 1. The third kappa shape index (κ3) is 6.64. The van der Waals surface area contributed by atoms with Crippen molar-refractivity contribution in [2.24, 2.45) is 4.99 Å². The molecule has 0 aliphatic carbocycles. The number of aliphatic imine (C=N–C) groups is 1. The van der Waals surface area contributed by atoms with E-state index >= 15 is 0 Å². The van der Waals surface area contributed by atoms with Gasteiger partial charge in [0.1, 0.15) is 11.9 Å². The van der Waals surface area contributed by atoms with Crippen LogP contribution < -0.4 is 15.4 Å². The molecule has 25 heavy (non-hydrogen) atoms. The molecule has 2 N–H and O–H groups in total. The molecule has 1 saturated heterocycles. The smallest absolute Gasteiger partial charge is 0.221 e. The van der Waals surface area contributed by atoms with Gasteiger partial charge >= 0.3 is 0 Å². The number of nitrogens with zero attached hydrogens (tertiary/aromatic N) is 2. The maximum absolute atomic E-state index is 11.7. The lowest BCUT2D eigenvalue weighted by Gasteiger charge is -2.34. The Kier molecular flexibility index (Phi) is 7.57. The summed E-state index contributed by atoms with van der Waals surface area (Å²) < 4.78 is 6.03. The minimum atomic E-state index is 0.0629. The highest BCUT2D eigenvalue weighted by Crippen LogP contribution is 2.18. The van der Waals surface area contributed by atoms with Crippen LogP contribution in [0.2, 0.25) is 0 Å². The summed E-state index contributed by atoms with van der Waals surface area (Å²) in [6.45, 7) is 6.31. The second kappa shape index (κ2) is 9.91. The molecule has 1 aromatic rings. The molecule has 0 unspecified atom stereocenters. The topological polar surface area (TPSA) is 66.0 Å². The Morgan fingerprint density at radius 3 is 2.56 bits per heavy atom. The summed E-state index contributed by atoms with van der Waals surface area (Å²) in [6, 6.07) is 10.1. The van der Waals surface area contributed by atoms with E-state index in [-0.39, 0.29) is 18.1 Å². The molecule has 1 aliphatic rings. The Morgan fingerprint density at radius 1 is 1.28 bits per heavy atom. The summed E-state index contributed by atoms with van der Waals surface area (Å²) in [7, 11) is 1.78. The largest absolute Gasteiger partial charge is 0.490 e. The van der Waals surface area contributed by atoms with Crippen molar-refractivity contribution < 1.29 is 9.53 Å². The molecule has 6 nitrogen and oxygen atoms in total. The number of carbonyl (C=O) groups is 1. The lowest BCUT2D eigenvalue weighted by atomic mass is 10.1. The van der Waals surface area contributed by atoms with E-state index in [1.807, 2.05) is 44.2 Å². The van der Waals surface area contributed by atoms with Gasteiger partial charge in [0.15, 0.2) is 5.96 Å². The van der Waals surface area contributed by atoms with E-state index in [1.165, 1.54) is 0 Å². The number of para-hydroxylation sites is 1. The van der Waals surface area contributed by atoms with Gasteiger partial charge in [-0.25, -0.2) is 0 Å². The molecule has 0 aromatic heterocycles. The van der Waals surface area contributed by atoms with Crippen LogP contribution in [0.25, 0.3) is 0 Å². The van der Waals surface area contributed by atoms with E-state index < -0.39 is 0 Å². The van der Waals surface area contributed by atoms with E-state index in [0.29, 0.717) is 13.0 Å². The van der Waals surface area contributed by atoms with Gasteiger partial charge in [0.25, 0.3) is 0 Å². The van der Waals surface area contributed by atoms with Crippen molar-refractivity contribution in [1.29, 1.82) is 0 Å². The number of rotatable bonds is 6. The second-order valence-corrected chi connectivity index (χ2v) is 6.56. The quantitative estimate of drug-likeness (QED) is 0.611. The predicted octanol–water partition coefficient (Wildman–Crippen LogP) is 2.02. The van der Waals surface area contributed by atoms with Crippen molar-refractivity contribution in [3.8, 4) is 5.75 Å². The van der Waals surface area contributed by atoms with E-state index in [4.69, 9.17) is 4.74 Å². The van der Waals surface area contributed by atoms with Crippen LogP contribution in [0.15, 0.2) is 35.3 Å². The van der Waals surface area contributed by atoms with Gasteiger partial charge in [0.2, 0.25) is 5.91 Å². The third-order valence-electron chi connectivity index (χ3n) is 4.08. The SMILES string of the molecule is CN=C(NCCC(=O)NC(C)C)N1CCC(Oc2ccccc2)CC1. The van der Waals surface area contributed by atoms with Crippen LogP contribution in [-0.2, 0) is 4.79 Å². The number of piperidine rings is 1. The normalized spacial score (nSPS) is 16.0. The van der Waals surface area contributed by atoms with Crippen molar-refractivity contribution >= 4 is 11.9 Å². The molecule has 0 bridgehead atoms. The molecule has 1 fully saturated rings. The lowest BCUT2D eigenvalue weighted by Crippen LogP contribution is -2.48. The molecule has 0 saturated carbocycles. The molecule has 1 heterocycles. The molecular formula is C19H30N4O2. The van der Waals surface area contributed by atoms with Gasteiger partial charge in [-0.1, -0.05) is 18.2 Å². The van der Waals surface area contributed by atoms with E-state index in [9.17, 15) is 4.79 Å². The van der Waals surface area contributed by atoms with Gasteiger partial charge in [-0.05, 0) is 26.0 Å². The Bertz CT molecular complexity index is 552. The van der Waals surface area contributed by atoms with Crippen LogP contribution in [0.4, 0.5) is 0 Å². The Labute approximate surface area is 150 Å². The first-order chi connectivity index (χ1) is 12.1. The second-order valence-electron chi connectivity index (χ2n) is 6.56. The number of likely N-dealkylation sites (tertiary alicyclic amines) is 1. The number of hydrogen-bond donors (Lipinski definition) is 2. The fourth-order valence-electron chi connectivity index (χ4n) is 2.89. The lowest BCUT2D eigenvalue weighted by molar-refractivity contribution is -0.121. The molecular weight excluding hydrogens is 316 g/mol. The monoisotopic (exact) mass is 346 g/mol. The summed E-state index contributed by atoms with van der Waals surface area (Å²) in [6.07, 6.45) is 2.62. The van der Waals surface area contributed by atoms with Crippen LogP contribution in [0.5, 0.6) is 5.75 Å². The first kappa shape index (κ1) is 19.1. The van der Waals surface area contributed by atoms with Gasteiger partial charge in [0, 0.05) is 52.0 Å². The minimum Gasteiger partial charge on any atom is -0.490 e. The Balaban J connectivity index is 1.71. The highest BCUT2D eigenvalue weighted by atomic mass is 16.5. The maximum atomic E-state index is 11.7. The number of nitrogens with one attached hydrogen (secondary N) is 2. The van der Waals surface area contributed by atoms with Gasteiger partial charge in [-0.2, -0.15) is 0 Å². The number of benzene rings is 1. The summed E-state index contributed by atoms with van der Waals surface area (Å²) in [4.78, 5) is 18.3. The Hall–Kier alpha value is -2.24. The van der Waals surface area contributed by atoms with Crippen molar-refractivity contribution in [3.63, 3.8) is 0 Å². The van der Waals surface area contributed by atoms with Crippen molar-refractivity contribution in [2.45, 2.75) is 45.3 Å². The predicted molar refractivity (Wildman–Crippen MR) is 101 cm³/mol. The molecule has 0 spiro atoms. The fraction of sp³-hybridized carbons (Fsp3) is 0.579. The van der Waals surface area contributed by atoms with Crippen molar-refractivity contribution in [1.82, 2.24) is 15.5 Å². The van der Waals surface area contributed by atoms with Crippen molar-refractivity contribution in [2.75, 3.05) is 26.7 Å². The highest BCUT2D eigenvalue weighted by Gasteiger charge is 2.22. The molecule has 2 rings (SSSR count). The van der Waals surface area contributed by atoms with Crippen molar-refractivity contribution in [3.05, 3.63) is 30.3 Å². The molecule has 138 valence electrons. The van der Waals surface area contributed by atoms with E-state index in [1.54, 1.807) is 7.05 Å². The van der Waals surface area contributed by atoms with Gasteiger partial charge < -0.3 is 20.3 Å². The van der Waals surface area contributed by atoms with Crippen LogP contribution in [-0.4, -0.2) is 55.6 Å². The molecule has 6 heteroatoms. The zero-order chi connectivity index (χ0) is 18.1. The number of amides is 1. The number of guanidine groups is 1. The van der Waals surface area contributed by atoms with E-state index in [2.05, 4.69) is 20.5 Å². The van der Waals surface area contributed by atoms with Crippen LogP contribution in [0.3, 0.4) is 0 Å². The van der Waals surface area contributed by atoms with Crippen LogP contribution in [0, 0.1) is 0 Å². The zero-order valence-corrected chi connectivity index (χ0v) is 15.5. The average Bonchev–Trinajstić information content (AvgIpc) is 2.60. The fourth-order valence-corrected chi connectivity index (χ4v) is 2.89. The van der Waals surface area contributed by atoms with Gasteiger partial charge in [0.05, 0.1) is 0 Å². The summed E-state index contributed by atoms with van der Waals surface area (Å²) >= 11 is 0. The summed E-state index contributed by atoms with van der Waals surface area (Å²) in [5.74, 6) is 1.85. The number of ether oxygens (including phenoxy) is 1. The third-order valence-corrected chi connectivity index (χ3v) is 4.08. The maximum Gasteiger partial charge on any atom is 0.221 e. The van der Waals surface area contributed by atoms with Crippen LogP contribution in [0.1, 0.15) is 33.1 Å². The van der Waals surface area contributed by atoms with E-state index in [0.717, 1.165) is 37.6 Å². The van der Waals surface area contributed by atoms with Crippen LogP contribution >= 0.6 is 0 Å². The number of hydrogen-bond acceptors (Lipinski definition) is 3. The molecule has 0 radical (unpaired) electrons. The molecule has 0 atom stereocenters. The standard InChI is InChI=1S/C19H30N4O2/c1-15(2)22-18(24)9-12-21-19(20-3)23-13-10-17(11-14-23)25-16-7-5-4-6-8-16/h4-8,15,17H,9-14H2,1-3H3,(H,20,21)(H,22,24). The average molecular weight is 346 g/mol. The van der Waals surface area contributed by atoms with Gasteiger partial charge in [-0.15, -0.1) is 0 Å². The minimum absolute atomic E-state index is 0.0629. The molecule has 1 aromatic carbocycles. The highest BCUT2D eigenvalue weighted by molar-refractivity contribution is 5.81. The first-order valence-electron chi connectivity index (χ1n) is 9.05. The summed E-state index contributed by atoms with van der Waals surface area (Å²) in [5, 5.41) is 6.18. The van der Waals surface area contributed by atoms with Gasteiger partial charge in [-0.3, -0.25) is 9.79 Å². The first-order valence-corrected chi connectivity index (χ1v) is 9.05. The Morgan fingerprint density at radius 2 is 1.96 bits per heavy atom. The summed E-state index contributed by atoms with van der Waals surface area (Å²) in [5.41, 5.74) is 0. The zero-order valence-electron chi connectivity index (χ0n) is 15.5. The molecule has 1 aliphatic heterocycles. The molecule has 1 amide bonds.